The maximum atomic E-state index is 12.1. The van der Waals surface area contributed by atoms with E-state index in [2.05, 4.69) is 39.9 Å². The van der Waals surface area contributed by atoms with Crippen molar-refractivity contribution in [3.63, 3.8) is 0 Å². The molecule has 1 N–H and O–H groups in total. The van der Waals surface area contributed by atoms with Crippen molar-refractivity contribution in [1.29, 1.82) is 0 Å². The number of aryl methyl sites for hydroxylation is 3. The van der Waals surface area contributed by atoms with E-state index in [0.29, 0.717) is 12.8 Å². The highest BCUT2D eigenvalue weighted by atomic mass is 16.1. The second-order valence-corrected chi connectivity index (χ2v) is 8.04. The quantitative estimate of drug-likeness (QED) is 0.893. The summed E-state index contributed by atoms with van der Waals surface area (Å²) in [6, 6.07) is 0.225. The summed E-state index contributed by atoms with van der Waals surface area (Å²) < 4.78 is 2.01. The molecule has 0 bridgehead atoms. The summed E-state index contributed by atoms with van der Waals surface area (Å²) in [4.78, 5) is 17.0. The van der Waals surface area contributed by atoms with Crippen LogP contribution in [0.2, 0.25) is 0 Å². The molecule has 0 fully saturated rings. The van der Waals surface area contributed by atoms with Crippen molar-refractivity contribution in [1.82, 2.24) is 20.1 Å². The minimum atomic E-state index is -0.115. The Bertz CT molecular complexity index is 783. The molecule has 5 heteroatoms. The van der Waals surface area contributed by atoms with Crippen molar-refractivity contribution in [2.24, 2.45) is 0 Å². The molecule has 2 aromatic heterocycles. The Hall–Kier alpha value is -1.91. The molecular weight excluding hydrogens is 312 g/mol. The third-order valence-corrected chi connectivity index (χ3v) is 4.83. The van der Waals surface area contributed by atoms with Crippen LogP contribution in [0.15, 0.2) is 0 Å². The summed E-state index contributed by atoms with van der Waals surface area (Å²) in [5.74, 6) is 0.107. The van der Waals surface area contributed by atoms with Crippen LogP contribution >= 0.6 is 0 Å². The number of amides is 1. The molecule has 0 saturated heterocycles. The number of carbonyl (C=O) groups is 1. The number of hydrogen-bond donors (Lipinski definition) is 1. The van der Waals surface area contributed by atoms with Gasteiger partial charge in [0.25, 0.3) is 0 Å². The fourth-order valence-corrected chi connectivity index (χ4v) is 3.23. The molecule has 25 heavy (non-hydrogen) atoms. The fraction of sp³-hybridized carbons (Fsp3) is 0.650. The van der Waals surface area contributed by atoms with Gasteiger partial charge in [-0.2, -0.15) is 5.10 Å². The highest BCUT2D eigenvalue weighted by Crippen LogP contribution is 2.29. The van der Waals surface area contributed by atoms with Crippen LogP contribution in [0, 0.1) is 20.8 Å². The van der Waals surface area contributed by atoms with Crippen LogP contribution in [-0.4, -0.2) is 26.7 Å². The van der Waals surface area contributed by atoms with Crippen LogP contribution < -0.4 is 5.32 Å². The monoisotopic (exact) mass is 344 g/mol. The Morgan fingerprint density at radius 3 is 2.40 bits per heavy atom. The van der Waals surface area contributed by atoms with Gasteiger partial charge in [0.1, 0.15) is 0 Å². The van der Waals surface area contributed by atoms with Crippen LogP contribution in [0.25, 0.3) is 11.0 Å². The summed E-state index contributed by atoms with van der Waals surface area (Å²) >= 11 is 0. The zero-order chi connectivity index (χ0) is 18.9. The van der Waals surface area contributed by atoms with Gasteiger partial charge < -0.3 is 5.32 Å². The lowest BCUT2D eigenvalue weighted by Crippen LogP contribution is -2.32. The molecule has 5 nitrogen and oxygen atoms in total. The van der Waals surface area contributed by atoms with Gasteiger partial charge in [0, 0.05) is 23.5 Å². The molecule has 1 amide bonds. The average Bonchev–Trinajstić information content (AvgIpc) is 2.83. The Morgan fingerprint density at radius 1 is 1.20 bits per heavy atom. The predicted octanol–water partition coefficient (Wildman–Crippen LogP) is 3.96. The summed E-state index contributed by atoms with van der Waals surface area (Å²) in [6.45, 7) is 16.7. The summed E-state index contributed by atoms with van der Waals surface area (Å²) in [7, 11) is 0. The van der Waals surface area contributed by atoms with Crippen LogP contribution in [0.1, 0.15) is 70.0 Å². The molecule has 0 aromatic carbocycles. The number of carbonyl (C=O) groups excluding carboxylic acids is 1. The Labute approximate surface area is 151 Å². The Kier molecular flexibility index (Phi) is 5.55. The molecule has 0 spiro atoms. The van der Waals surface area contributed by atoms with Gasteiger partial charge in [0.15, 0.2) is 5.65 Å². The van der Waals surface area contributed by atoms with Crippen molar-refractivity contribution in [2.75, 3.05) is 0 Å². The Balaban J connectivity index is 2.37. The summed E-state index contributed by atoms with van der Waals surface area (Å²) in [6.07, 6.45) is 2.15. The van der Waals surface area contributed by atoms with E-state index in [9.17, 15) is 4.79 Å². The van der Waals surface area contributed by atoms with Gasteiger partial charge in [-0.25, -0.2) is 9.67 Å². The molecule has 1 atom stereocenters. The first-order chi connectivity index (χ1) is 11.6. The van der Waals surface area contributed by atoms with Gasteiger partial charge in [-0.15, -0.1) is 0 Å². The first-order valence-electron chi connectivity index (χ1n) is 9.21. The van der Waals surface area contributed by atoms with E-state index >= 15 is 0 Å². The minimum Gasteiger partial charge on any atom is -0.354 e. The van der Waals surface area contributed by atoms with E-state index in [1.807, 2.05) is 25.5 Å². The standard InChI is InChI=1S/C20H32N4O/c1-9-12(2)21-17(25)11-10-16-13(3)18-15(5)23-24(20(6,7)8)19(18)22-14(16)4/h12H,9-11H2,1-8H3,(H,21,25). The van der Waals surface area contributed by atoms with Gasteiger partial charge in [0.05, 0.1) is 11.2 Å². The minimum absolute atomic E-state index is 0.107. The number of nitrogens with one attached hydrogen (secondary N) is 1. The SMILES string of the molecule is CCC(C)NC(=O)CCc1c(C)nc2c(c(C)nn2C(C)(C)C)c1C. The number of hydrogen-bond acceptors (Lipinski definition) is 3. The molecule has 1 unspecified atom stereocenters. The maximum Gasteiger partial charge on any atom is 0.220 e. The zero-order valence-electron chi connectivity index (χ0n) is 16.9. The highest BCUT2D eigenvalue weighted by molar-refractivity contribution is 5.84. The van der Waals surface area contributed by atoms with Crippen LogP contribution in [0.3, 0.4) is 0 Å². The lowest BCUT2D eigenvalue weighted by molar-refractivity contribution is -0.121. The largest absolute Gasteiger partial charge is 0.354 e. The highest BCUT2D eigenvalue weighted by Gasteiger charge is 2.23. The topological polar surface area (TPSA) is 59.8 Å². The molecule has 0 aliphatic carbocycles. The van der Waals surface area contributed by atoms with Gasteiger partial charge in [-0.3, -0.25) is 4.79 Å². The van der Waals surface area contributed by atoms with Crippen molar-refractivity contribution in [3.8, 4) is 0 Å². The van der Waals surface area contributed by atoms with E-state index in [0.717, 1.165) is 28.8 Å². The number of pyridine rings is 1. The molecule has 2 heterocycles. The Morgan fingerprint density at radius 2 is 1.84 bits per heavy atom. The predicted molar refractivity (Wildman–Crippen MR) is 103 cm³/mol. The van der Waals surface area contributed by atoms with Crippen LogP contribution in [0.5, 0.6) is 0 Å². The molecule has 0 radical (unpaired) electrons. The van der Waals surface area contributed by atoms with Crippen LogP contribution in [0.4, 0.5) is 0 Å². The van der Waals surface area contributed by atoms with E-state index in [4.69, 9.17) is 10.1 Å². The van der Waals surface area contributed by atoms with Gasteiger partial charge in [-0.05, 0) is 72.4 Å². The normalized spacial score (nSPS) is 13.3. The fourth-order valence-electron chi connectivity index (χ4n) is 3.23. The third-order valence-electron chi connectivity index (χ3n) is 4.83. The average molecular weight is 345 g/mol. The second kappa shape index (κ2) is 7.14. The molecule has 2 rings (SSSR count). The number of fused-ring (bicyclic) bond motifs is 1. The lowest BCUT2D eigenvalue weighted by atomic mass is 9.99. The van der Waals surface area contributed by atoms with Gasteiger partial charge in [0.2, 0.25) is 5.91 Å². The number of rotatable bonds is 5. The molecule has 0 aliphatic heterocycles. The number of aromatic nitrogens is 3. The molecular formula is C20H32N4O. The molecule has 0 aliphatic rings. The zero-order valence-corrected chi connectivity index (χ0v) is 16.9. The summed E-state index contributed by atoms with van der Waals surface area (Å²) in [5.41, 5.74) is 5.19. The molecule has 0 saturated carbocycles. The first kappa shape index (κ1) is 19.4. The first-order valence-corrected chi connectivity index (χ1v) is 9.21. The molecule has 138 valence electrons. The number of nitrogens with zero attached hydrogens (tertiary/aromatic N) is 3. The van der Waals surface area contributed by atoms with Crippen molar-refractivity contribution in [3.05, 3.63) is 22.5 Å². The second-order valence-electron chi connectivity index (χ2n) is 8.04. The van der Waals surface area contributed by atoms with E-state index in [1.54, 1.807) is 0 Å². The van der Waals surface area contributed by atoms with Crippen molar-refractivity contribution in [2.45, 2.75) is 86.2 Å². The van der Waals surface area contributed by atoms with E-state index < -0.39 is 0 Å². The summed E-state index contributed by atoms with van der Waals surface area (Å²) in [5, 5.41) is 8.88. The molecule has 2 aromatic rings. The maximum absolute atomic E-state index is 12.1. The smallest absolute Gasteiger partial charge is 0.220 e. The third kappa shape index (κ3) is 4.02. The van der Waals surface area contributed by atoms with Crippen LogP contribution in [-0.2, 0) is 16.8 Å². The van der Waals surface area contributed by atoms with Gasteiger partial charge >= 0.3 is 0 Å². The van der Waals surface area contributed by atoms with Gasteiger partial charge in [-0.1, -0.05) is 6.92 Å². The van der Waals surface area contributed by atoms with Crippen molar-refractivity contribution >= 4 is 16.9 Å². The van der Waals surface area contributed by atoms with E-state index in [1.165, 1.54) is 11.1 Å². The lowest BCUT2D eigenvalue weighted by Gasteiger charge is -2.20. The van der Waals surface area contributed by atoms with Crippen molar-refractivity contribution < 1.29 is 4.79 Å². The van der Waals surface area contributed by atoms with E-state index in [-0.39, 0.29) is 17.5 Å².